The van der Waals surface area contributed by atoms with Crippen LogP contribution in [0.1, 0.15) is 17.7 Å². The molecule has 0 bridgehead atoms. The van der Waals surface area contributed by atoms with Gasteiger partial charge in [-0.25, -0.2) is 0 Å². The molecule has 0 aliphatic heterocycles. The third-order valence-corrected chi connectivity index (χ3v) is 2.53. The number of hydrogen-bond acceptors (Lipinski definition) is 4. The van der Waals surface area contributed by atoms with E-state index in [2.05, 4.69) is 4.74 Å². The van der Waals surface area contributed by atoms with Crippen molar-refractivity contribution in [3.63, 3.8) is 0 Å². The lowest BCUT2D eigenvalue weighted by Gasteiger charge is -2.08. The smallest absolute Gasteiger partial charge is 0.325 e. The number of ether oxygens (including phenoxy) is 1. The minimum Gasteiger partial charge on any atom is -0.480 e. The van der Waals surface area contributed by atoms with E-state index in [-0.39, 0.29) is 6.61 Å². The fourth-order valence-corrected chi connectivity index (χ4v) is 1.82. The minimum absolute atomic E-state index is 0.188. The largest absolute Gasteiger partial charge is 0.480 e. The molecule has 1 rings (SSSR count). The Morgan fingerprint density at radius 3 is 2.79 bits per heavy atom. The Kier molecular flexibility index (Phi) is 3.64. The monoisotopic (exact) mass is 214 g/mol. The van der Waals surface area contributed by atoms with E-state index in [1.807, 2.05) is 0 Å². The molecule has 0 aromatic carbocycles. The summed E-state index contributed by atoms with van der Waals surface area (Å²) in [5, 5.41) is 10.6. The Morgan fingerprint density at radius 1 is 1.64 bits per heavy atom. The van der Waals surface area contributed by atoms with Crippen LogP contribution in [-0.4, -0.2) is 23.7 Å². The van der Waals surface area contributed by atoms with Crippen LogP contribution in [0.4, 0.5) is 0 Å². The van der Waals surface area contributed by atoms with Crippen LogP contribution in [0.3, 0.4) is 0 Å². The lowest BCUT2D eigenvalue weighted by atomic mass is 10.1. The Bertz CT molecular complexity index is 318. The number of rotatable bonds is 4. The van der Waals surface area contributed by atoms with Gasteiger partial charge in [-0.15, -0.1) is 11.3 Å². The van der Waals surface area contributed by atoms with Crippen LogP contribution in [0.15, 0.2) is 17.5 Å². The second-order valence-corrected chi connectivity index (χ2v) is 3.52. The average molecular weight is 214 g/mol. The second-order valence-electron chi connectivity index (χ2n) is 2.54. The maximum Gasteiger partial charge on any atom is 0.325 e. The molecule has 0 saturated carbocycles. The summed E-state index contributed by atoms with van der Waals surface area (Å²) in [6, 6.07) is 3.32. The van der Waals surface area contributed by atoms with Crippen molar-refractivity contribution < 1.29 is 19.4 Å². The number of carboxylic acids is 1. The summed E-state index contributed by atoms with van der Waals surface area (Å²) in [6.45, 7) is 1.83. The molecule has 14 heavy (non-hydrogen) atoms. The molecule has 4 nitrogen and oxygen atoms in total. The molecular formula is C9H10O4S. The number of thiophene rings is 1. The van der Waals surface area contributed by atoms with Gasteiger partial charge in [-0.1, -0.05) is 6.07 Å². The van der Waals surface area contributed by atoms with Gasteiger partial charge in [0.2, 0.25) is 0 Å². The number of hydrogen-bond donors (Lipinski definition) is 1. The molecule has 0 amide bonds. The molecule has 1 aromatic rings. The van der Waals surface area contributed by atoms with Crippen LogP contribution in [0.25, 0.3) is 0 Å². The first-order chi connectivity index (χ1) is 6.66. The summed E-state index contributed by atoms with van der Waals surface area (Å²) in [6.07, 6.45) is 0. The van der Waals surface area contributed by atoms with Crippen LogP contribution in [0.2, 0.25) is 0 Å². The number of carboxylic acid groups (broad SMARTS) is 1. The predicted molar refractivity (Wildman–Crippen MR) is 51.3 cm³/mol. The minimum atomic E-state index is -1.19. The van der Waals surface area contributed by atoms with Gasteiger partial charge in [0.15, 0.2) is 5.92 Å². The van der Waals surface area contributed by atoms with Crippen molar-refractivity contribution in [3.05, 3.63) is 22.4 Å². The standard InChI is InChI=1S/C9H10O4S/c1-2-13-9(12)7(8(10)11)6-4-3-5-14-6/h3-5,7H,2H2,1H3,(H,10,11). The van der Waals surface area contributed by atoms with E-state index < -0.39 is 17.9 Å². The summed E-state index contributed by atoms with van der Waals surface area (Å²) >= 11 is 1.23. The Labute approximate surface area is 85.1 Å². The highest BCUT2D eigenvalue weighted by Crippen LogP contribution is 2.22. The van der Waals surface area contributed by atoms with Crippen LogP contribution in [0, 0.1) is 0 Å². The van der Waals surface area contributed by atoms with E-state index >= 15 is 0 Å². The number of carbonyl (C=O) groups is 2. The van der Waals surface area contributed by atoms with Gasteiger partial charge in [-0.2, -0.15) is 0 Å². The molecule has 1 atom stereocenters. The molecule has 5 heteroatoms. The van der Waals surface area contributed by atoms with Gasteiger partial charge in [0.05, 0.1) is 6.61 Å². The van der Waals surface area contributed by atoms with E-state index in [1.54, 1.807) is 24.4 Å². The third-order valence-electron chi connectivity index (χ3n) is 1.60. The van der Waals surface area contributed by atoms with Gasteiger partial charge in [0.1, 0.15) is 0 Å². The highest BCUT2D eigenvalue weighted by atomic mass is 32.1. The molecular weight excluding hydrogens is 204 g/mol. The Morgan fingerprint density at radius 2 is 2.36 bits per heavy atom. The number of aliphatic carboxylic acids is 1. The van der Waals surface area contributed by atoms with E-state index in [1.165, 1.54) is 11.3 Å². The van der Waals surface area contributed by atoms with Crippen LogP contribution in [-0.2, 0) is 14.3 Å². The number of carbonyl (C=O) groups excluding carboxylic acids is 1. The second kappa shape index (κ2) is 4.76. The molecule has 76 valence electrons. The predicted octanol–water partition coefficient (Wildman–Crippen LogP) is 1.48. The first kappa shape index (κ1) is 10.7. The van der Waals surface area contributed by atoms with Crippen molar-refractivity contribution in [3.8, 4) is 0 Å². The van der Waals surface area contributed by atoms with Gasteiger partial charge < -0.3 is 9.84 Å². The molecule has 0 aliphatic carbocycles. The first-order valence-electron chi connectivity index (χ1n) is 4.09. The fraction of sp³-hybridized carbons (Fsp3) is 0.333. The topological polar surface area (TPSA) is 63.6 Å². The average Bonchev–Trinajstić information content (AvgIpc) is 2.57. The van der Waals surface area contributed by atoms with Crippen LogP contribution < -0.4 is 0 Å². The van der Waals surface area contributed by atoms with Gasteiger partial charge in [-0.3, -0.25) is 9.59 Å². The van der Waals surface area contributed by atoms with Crippen molar-refractivity contribution in [1.29, 1.82) is 0 Å². The molecule has 1 heterocycles. The van der Waals surface area contributed by atoms with Crippen molar-refractivity contribution in [2.45, 2.75) is 12.8 Å². The Balaban J connectivity index is 2.85. The highest BCUT2D eigenvalue weighted by Gasteiger charge is 2.30. The lowest BCUT2D eigenvalue weighted by Crippen LogP contribution is -2.22. The van der Waals surface area contributed by atoms with Crippen LogP contribution >= 0.6 is 11.3 Å². The molecule has 0 fully saturated rings. The summed E-state index contributed by atoms with van der Waals surface area (Å²) in [5.41, 5.74) is 0. The molecule has 0 radical (unpaired) electrons. The summed E-state index contributed by atoms with van der Waals surface area (Å²) in [5.74, 6) is -3.07. The zero-order valence-corrected chi connectivity index (χ0v) is 8.41. The summed E-state index contributed by atoms with van der Waals surface area (Å²) in [7, 11) is 0. The van der Waals surface area contributed by atoms with Gasteiger partial charge in [-0.05, 0) is 18.4 Å². The first-order valence-corrected chi connectivity index (χ1v) is 4.97. The van der Waals surface area contributed by atoms with E-state index in [0.29, 0.717) is 4.88 Å². The normalized spacial score (nSPS) is 12.1. The molecule has 0 saturated heterocycles. The SMILES string of the molecule is CCOC(=O)C(C(=O)O)c1cccs1. The summed E-state index contributed by atoms with van der Waals surface area (Å²) in [4.78, 5) is 22.6. The quantitative estimate of drug-likeness (QED) is 0.609. The van der Waals surface area contributed by atoms with Crippen molar-refractivity contribution in [2.24, 2.45) is 0 Å². The maximum absolute atomic E-state index is 11.3. The zero-order valence-electron chi connectivity index (χ0n) is 7.60. The van der Waals surface area contributed by atoms with Gasteiger partial charge in [0.25, 0.3) is 0 Å². The molecule has 0 spiro atoms. The van der Waals surface area contributed by atoms with Crippen molar-refractivity contribution >= 4 is 23.3 Å². The molecule has 1 N–H and O–H groups in total. The number of esters is 1. The Hall–Kier alpha value is -1.36. The molecule has 1 unspecified atom stereocenters. The highest BCUT2D eigenvalue weighted by molar-refractivity contribution is 7.10. The molecule has 1 aromatic heterocycles. The lowest BCUT2D eigenvalue weighted by molar-refractivity contribution is -0.153. The van der Waals surface area contributed by atoms with E-state index in [9.17, 15) is 9.59 Å². The zero-order chi connectivity index (χ0) is 10.6. The van der Waals surface area contributed by atoms with Gasteiger partial charge >= 0.3 is 11.9 Å². The molecule has 0 aliphatic rings. The van der Waals surface area contributed by atoms with Crippen molar-refractivity contribution in [1.82, 2.24) is 0 Å². The summed E-state index contributed by atoms with van der Waals surface area (Å²) < 4.78 is 4.68. The third kappa shape index (κ3) is 2.32. The fourth-order valence-electron chi connectivity index (χ4n) is 1.02. The van der Waals surface area contributed by atoms with Gasteiger partial charge in [0, 0.05) is 4.88 Å². The van der Waals surface area contributed by atoms with Crippen molar-refractivity contribution in [2.75, 3.05) is 6.61 Å². The van der Waals surface area contributed by atoms with E-state index in [4.69, 9.17) is 5.11 Å². The maximum atomic E-state index is 11.3. The van der Waals surface area contributed by atoms with E-state index in [0.717, 1.165) is 0 Å². The van der Waals surface area contributed by atoms with Crippen LogP contribution in [0.5, 0.6) is 0 Å².